The molecule has 0 radical (unpaired) electrons. The number of Topliss-reactive ketones (excluding diaryl/α,β-unsaturated/α-hetero) is 1. The number of carbonyl (C=O) groups is 1. The molecule has 4 heteroatoms. The summed E-state index contributed by atoms with van der Waals surface area (Å²) >= 11 is 0. The number of hydrogen-bond donors (Lipinski definition) is 0. The van der Waals surface area contributed by atoms with Gasteiger partial charge in [0.2, 0.25) is 0 Å². The Bertz CT molecular complexity index is 250. The summed E-state index contributed by atoms with van der Waals surface area (Å²) in [4.78, 5) is 11.0. The summed E-state index contributed by atoms with van der Waals surface area (Å²) in [7, 11) is 0. The molecule has 0 aromatic carbocycles. The van der Waals surface area contributed by atoms with Crippen LogP contribution < -0.4 is 0 Å². The molecule has 0 amide bonds. The van der Waals surface area contributed by atoms with E-state index in [0.717, 1.165) is 0 Å². The van der Waals surface area contributed by atoms with Gasteiger partial charge in [0.1, 0.15) is 5.92 Å². The Hall–Kier alpha value is -0.800. The maximum atomic E-state index is 12.1. The van der Waals surface area contributed by atoms with Crippen molar-refractivity contribution in [1.82, 2.24) is 0 Å². The molecule has 0 saturated carbocycles. The summed E-state index contributed by atoms with van der Waals surface area (Å²) in [5, 5.41) is 0. The van der Waals surface area contributed by atoms with E-state index in [1.165, 1.54) is 6.92 Å². The predicted octanol–water partition coefficient (Wildman–Crippen LogP) is 2.47. The van der Waals surface area contributed by atoms with Crippen LogP contribution in [0.1, 0.15) is 20.3 Å². The molecule has 0 N–H and O–H groups in total. The minimum atomic E-state index is -4.38. The molecule has 1 atom stereocenters. The van der Waals surface area contributed by atoms with Crippen LogP contribution in [0.5, 0.6) is 0 Å². The Morgan fingerprint density at radius 1 is 1.33 bits per heavy atom. The lowest BCUT2D eigenvalue weighted by atomic mass is 10.0. The first kappa shape index (κ1) is 9.29. The Balaban J connectivity index is 2.88. The summed E-state index contributed by atoms with van der Waals surface area (Å²) in [6, 6.07) is 0. The molecular weight excluding hydrogens is 169 g/mol. The summed E-state index contributed by atoms with van der Waals surface area (Å²) in [5.74, 6) is -2.54. The Labute approximate surface area is 68.3 Å². The van der Waals surface area contributed by atoms with Gasteiger partial charge >= 0.3 is 6.18 Å². The Morgan fingerprint density at radius 2 is 1.83 bits per heavy atom. The fourth-order valence-electron chi connectivity index (χ4n) is 1.29. The normalized spacial score (nSPS) is 25.4. The van der Waals surface area contributed by atoms with Crippen molar-refractivity contribution in [2.45, 2.75) is 26.4 Å². The molecule has 0 aliphatic heterocycles. The second-order valence-corrected chi connectivity index (χ2v) is 3.07. The van der Waals surface area contributed by atoms with Crippen LogP contribution in [0.4, 0.5) is 13.2 Å². The molecule has 0 saturated heterocycles. The van der Waals surface area contributed by atoms with Crippen molar-refractivity contribution in [3.05, 3.63) is 11.1 Å². The molecule has 1 aliphatic carbocycles. The number of carbonyl (C=O) groups excluding carboxylic acids is 1. The lowest BCUT2D eigenvalue weighted by Crippen LogP contribution is -2.27. The standard InChI is InChI=1S/C8H9F3O/c1-4-3-6(8(9,10)11)7(12)5(4)2/h6H,3H2,1-2H3. The fourth-order valence-corrected chi connectivity index (χ4v) is 1.29. The zero-order valence-corrected chi connectivity index (χ0v) is 6.83. The van der Waals surface area contributed by atoms with Crippen LogP contribution in [0.3, 0.4) is 0 Å². The summed E-state index contributed by atoms with van der Waals surface area (Å²) in [5.41, 5.74) is 0.833. The molecule has 0 aromatic heterocycles. The molecule has 0 bridgehead atoms. The van der Waals surface area contributed by atoms with Crippen molar-refractivity contribution < 1.29 is 18.0 Å². The van der Waals surface area contributed by atoms with Gasteiger partial charge in [-0.2, -0.15) is 13.2 Å². The van der Waals surface area contributed by atoms with Crippen molar-refractivity contribution in [2.75, 3.05) is 0 Å². The van der Waals surface area contributed by atoms with E-state index in [0.29, 0.717) is 5.57 Å². The number of halogens is 3. The zero-order valence-electron chi connectivity index (χ0n) is 6.83. The van der Waals surface area contributed by atoms with E-state index in [1.807, 2.05) is 0 Å². The third-order valence-electron chi connectivity index (χ3n) is 2.23. The van der Waals surface area contributed by atoms with Crippen LogP contribution in [0.25, 0.3) is 0 Å². The number of allylic oxidation sites excluding steroid dienone is 2. The highest BCUT2D eigenvalue weighted by Gasteiger charge is 2.47. The SMILES string of the molecule is CC1=C(C)C(=O)C(C(F)(F)F)C1. The topological polar surface area (TPSA) is 17.1 Å². The smallest absolute Gasteiger partial charge is 0.294 e. The second-order valence-electron chi connectivity index (χ2n) is 3.07. The van der Waals surface area contributed by atoms with Crippen molar-refractivity contribution in [3.8, 4) is 0 Å². The van der Waals surface area contributed by atoms with E-state index in [9.17, 15) is 18.0 Å². The first-order valence-electron chi connectivity index (χ1n) is 3.61. The van der Waals surface area contributed by atoms with E-state index >= 15 is 0 Å². The minimum Gasteiger partial charge on any atom is -0.294 e. The minimum absolute atomic E-state index is 0.159. The maximum Gasteiger partial charge on any atom is 0.399 e. The highest BCUT2D eigenvalue weighted by atomic mass is 19.4. The van der Waals surface area contributed by atoms with Crippen molar-refractivity contribution >= 4 is 5.78 Å². The van der Waals surface area contributed by atoms with Crippen molar-refractivity contribution in [2.24, 2.45) is 5.92 Å². The summed E-state index contributed by atoms with van der Waals surface area (Å²) in [6.45, 7) is 3.02. The molecule has 68 valence electrons. The third kappa shape index (κ3) is 1.38. The number of rotatable bonds is 0. The van der Waals surface area contributed by atoms with E-state index in [1.54, 1.807) is 6.92 Å². The first-order valence-corrected chi connectivity index (χ1v) is 3.61. The lowest BCUT2D eigenvalue weighted by Gasteiger charge is -2.12. The molecule has 0 heterocycles. The van der Waals surface area contributed by atoms with Gasteiger partial charge in [-0.15, -0.1) is 0 Å². The fraction of sp³-hybridized carbons (Fsp3) is 0.625. The molecule has 1 unspecified atom stereocenters. The molecule has 1 rings (SSSR count). The second kappa shape index (κ2) is 2.61. The lowest BCUT2D eigenvalue weighted by molar-refractivity contribution is -0.176. The van der Waals surface area contributed by atoms with Crippen LogP contribution >= 0.6 is 0 Å². The third-order valence-corrected chi connectivity index (χ3v) is 2.23. The van der Waals surface area contributed by atoms with Gasteiger partial charge < -0.3 is 0 Å². The number of hydrogen-bond acceptors (Lipinski definition) is 1. The summed E-state index contributed by atoms with van der Waals surface area (Å²) in [6.07, 6.45) is -4.54. The molecule has 12 heavy (non-hydrogen) atoms. The molecule has 0 fully saturated rings. The van der Waals surface area contributed by atoms with Crippen LogP contribution in [-0.4, -0.2) is 12.0 Å². The average molecular weight is 178 g/mol. The number of ketones is 1. The monoisotopic (exact) mass is 178 g/mol. The van der Waals surface area contributed by atoms with Gasteiger partial charge in [0.15, 0.2) is 5.78 Å². The van der Waals surface area contributed by atoms with Crippen LogP contribution in [0.2, 0.25) is 0 Å². The highest BCUT2D eigenvalue weighted by Crippen LogP contribution is 2.38. The molecule has 1 aliphatic rings. The van der Waals surface area contributed by atoms with Crippen molar-refractivity contribution in [1.29, 1.82) is 0 Å². The van der Waals surface area contributed by atoms with Crippen LogP contribution in [0.15, 0.2) is 11.1 Å². The highest BCUT2D eigenvalue weighted by molar-refractivity contribution is 6.00. The van der Waals surface area contributed by atoms with Gasteiger partial charge in [-0.25, -0.2) is 0 Å². The average Bonchev–Trinajstić information content (AvgIpc) is 2.15. The van der Waals surface area contributed by atoms with E-state index < -0.39 is 17.9 Å². The van der Waals surface area contributed by atoms with Gasteiger partial charge in [0.25, 0.3) is 0 Å². The quantitative estimate of drug-likeness (QED) is 0.556. The zero-order chi connectivity index (χ0) is 9.52. The van der Waals surface area contributed by atoms with Gasteiger partial charge in [0, 0.05) is 0 Å². The largest absolute Gasteiger partial charge is 0.399 e. The van der Waals surface area contributed by atoms with Crippen molar-refractivity contribution in [3.63, 3.8) is 0 Å². The number of alkyl halides is 3. The molecular formula is C8H9F3O. The van der Waals surface area contributed by atoms with E-state index in [4.69, 9.17) is 0 Å². The van der Waals surface area contributed by atoms with Gasteiger partial charge in [-0.1, -0.05) is 5.57 Å². The maximum absolute atomic E-state index is 12.1. The van der Waals surface area contributed by atoms with Gasteiger partial charge in [0.05, 0.1) is 0 Å². The van der Waals surface area contributed by atoms with Crippen LogP contribution in [0, 0.1) is 5.92 Å². The van der Waals surface area contributed by atoms with Crippen LogP contribution in [-0.2, 0) is 4.79 Å². The molecule has 0 spiro atoms. The van der Waals surface area contributed by atoms with E-state index in [2.05, 4.69) is 0 Å². The Morgan fingerprint density at radius 3 is 2.00 bits per heavy atom. The van der Waals surface area contributed by atoms with Gasteiger partial charge in [-0.05, 0) is 25.8 Å². The molecule has 0 aromatic rings. The Kier molecular flexibility index (Phi) is 2.02. The molecule has 1 nitrogen and oxygen atoms in total. The first-order chi connectivity index (χ1) is 5.34. The summed E-state index contributed by atoms with van der Waals surface area (Å²) < 4.78 is 36.3. The van der Waals surface area contributed by atoms with Gasteiger partial charge in [-0.3, -0.25) is 4.79 Å². The predicted molar refractivity (Wildman–Crippen MR) is 37.5 cm³/mol. The van der Waals surface area contributed by atoms with E-state index in [-0.39, 0.29) is 12.0 Å².